The van der Waals surface area contributed by atoms with Gasteiger partial charge in [-0.1, -0.05) is 56.4 Å². The highest BCUT2D eigenvalue weighted by atomic mass is 15.3. The Hall–Kier alpha value is -0.900. The standard InChI is InChI=1S/C38H61N3/c1-33(2,39-25-36(26-39)16-9-6-10-17-36)21-23-35(5,41-27-37(28-41)18-11-12-19-37)24-22-34(3,4)40-29-38(30-40)20-15-31-13-7-8-14-32(31)38/h7-8,13-14H,6,9-12,15-30H2,1-5H3. The molecule has 3 aliphatic carbocycles. The molecule has 3 aliphatic heterocycles. The summed E-state index contributed by atoms with van der Waals surface area (Å²) in [6.07, 6.45) is 21.3. The first-order valence-electron chi connectivity index (χ1n) is 17.8. The van der Waals surface area contributed by atoms with Crippen molar-refractivity contribution in [1.29, 1.82) is 0 Å². The van der Waals surface area contributed by atoms with Crippen molar-refractivity contribution in [1.82, 2.24) is 14.7 Å². The summed E-state index contributed by atoms with van der Waals surface area (Å²) in [6, 6.07) is 9.32. The Morgan fingerprint density at radius 1 is 0.561 bits per heavy atom. The fourth-order valence-corrected chi connectivity index (χ4v) is 10.5. The molecule has 41 heavy (non-hydrogen) atoms. The predicted octanol–water partition coefficient (Wildman–Crippen LogP) is 8.20. The van der Waals surface area contributed by atoms with Crippen LogP contribution in [0, 0.1) is 10.8 Å². The first-order chi connectivity index (χ1) is 19.5. The van der Waals surface area contributed by atoms with Crippen LogP contribution >= 0.6 is 0 Å². The smallest absolute Gasteiger partial charge is 0.0214 e. The molecule has 3 spiro atoms. The summed E-state index contributed by atoms with van der Waals surface area (Å²) in [6.45, 7) is 21.0. The van der Waals surface area contributed by atoms with E-state index in [1.165, 1.54) is 136 Å². The lowest BCUT2D eigenvalue weighted by atomic mass is 9.66. The fourth-order valence-electron chi connectivity index (χ4n) is 10.5. The van der Waals surface area contributed by atoms with Crippen LogP contribution in [-0.4, -0.2) is 70.6 Å². The number of fused-ring (bicyclic) bond motifs is 2. The summed E-state index contributed by atoms with van der Waals surface area (Å²) in [5.41, 5.74) is 6.03. The maximum absolute atomic E-state index is 2.97. The van der Waals surface area contributed by atoms with Crippen molar-refractivity contribution in [2.24, 2.45) is 10.8 Å². The SMILES string of the molecule is CC(C)(CCC(C)(CCC(C)(C)N1CC2(CCc3ccccc32)C1)N1CC2(CCCC2)C1)N1CC2(CCCCC2)C1. The van der Waals surface area contributed by atoms with E-state index in [-0.39, 0.29) is 5.54 Å². The fraction of sp³-hybridized carbons (Fsp3) is 0.842. The Morgan fingerprint density at radius 3 is 1.63 bits per heavy atom. The highest BCUT2D eigenvalue weighted by Gasteiger charge is 2.54. The Bertz CT molecular complexity index is 1080. The summed E-state index contributed by atoms with van der Waals surface area (Å²) in [4.78, 5) is 8.68. The minimum absolute atomic E-state index is 0.278. The predicted molar refractivity (Wildman–Crippen MR) is 173 cm³/mol. The van der Waals surface area contributed by atoms with E-state index in [4.69, 9.17) is 0 Å². The van der Waals surface area contributed by atoms with Gasteiger partial charge in [0.05, 0.1) is 0 Å². The second-order valence-corrected chi connectivity index (χ2v) is 17.9. The van der Waals surface area contributed by atoms with Gasteiger partial charge in [-0.15, -0.1) is 0 Å². The molecule has 0 radical (unpaired) electrons. The molecule has 2 saturated carbocycles. The van der Waals surface area contributed by atoms with Crippen LogP contribution in [0.3, 0.4) is 0 Å². The Labute approximate surface area is 252 Å². The van der Waals surface area contributed by atoms with Gasteiger partial charge in [-0.05, 0) is 121 Å². The maximum Gasteiger partial charge on any atom is 0.0214 e. The lowest BCUT2D eigenvalue weighted by Gasteiger charge is -2.61. The average Bonchev–Trinajstić information content (AvgIpc) is 3.54. The Balaban J connectivity index is 0.992. The molecule has 0 bridgehead atoms. The van der Waals surface area contributed by atoms with Crippen LogP contribution in [-0.2, 0) is 11.8 Å². The van der Waals surface area contributed by atoms with E-state index >= 15 is 0 Å². The van der Waals surface area contributed by atoms with E-state index in [0.717, 1.165) is 0 Å². The van der Waals surface area contributed by atoms with Crippen LogP contribution in [0.2, 0.25) is 0 Å². The van der Waals surface area contributed by atoms with Crippen molar-refractivity contribution in [3.8, 4) is 0 Å². The number of hydrogen-bond acceptors (Lipinski definition) is 3. The van der Waals surface area contributed by atoms with Crippen LogP contribution in [0.15, 0.2) is 24.3 Å². The van der Waals surface area contributed by atoms with E-state index in [2.05, 4.69) is 73.6 Å². The molecular formula is C38H61N3. The zero-order chi connectivity index (χ0) is 28.6. The van der Waals surface area contributed by atoms with Gasteiger partial charge in [0.25, 0.3) is 0 Å². The molecule has 3 nitrogen and oxygen atoms in total. The monoisotopic (exact) mass is 559 g/mol. The summed E-state index contributed by atoms with van der Waals surface area (Å²) < 4.78 is 0. The van der Waals surface area contributed by atoms with Crippen LogP contribution in [0.5, 0.6) is 0 Å². The largest absolute Gasteiger partial charge is 0.297 e. The van der Waals surface area contributed by atoms with Crippen LogP contribution < -0.4 is 0 Å². The zero-order valence-corrected chi connectivity index (χ0v) is 27.5. The number of rotatable bonds is 9. The normalized spacial score (nSPS) is 28.8. The highest BCUT2D eigenvalue weighted by molar-refractivity contribution is 5.42. The summed E-state index contributed by atoms with van der Waals surface area (Å²) in [5.74, 6) is 0. The highest BCUT2D eigenvalue weighted by Crippen LogP contribution is 2.53. The van der Waals surface area contributed by atoms with Crippen molar-refractivity contribution in [2.45, 2.75) is 153 Å². The first kappa shape index (κ1) is 28.8. The van der Waals surface area contributed by atoms with Gasteiger partial charge in [-0.3, -0.25) is 14.7 Å². The molecule has 3 heteroatoms. The summed E-state index contributed by atoms with van der Waals surface area (Å²) >= 11 is 0. The Kier molecular flexibility index (Phi) is 7.08. The van der Waals surface area contributed by atoms with Gasteiger partial charge in [-0.25, -0.2) is 0 Å². The molecule has 5 fully saturated rings. The summed E-state index contributed by atoms with van der Waals surface area (Å²) in [5, 5.41) is 0. The van der Waals surface area contributed by atoms with E-state index in [0.29, 0.717) is 27.3 Å². The van der Waals surface area contributed by atoms with Gasteiger partial charge in [0.15, 0.2) is 0 Å². The molecule has 3 heterocycles. The number of nitrogens with zero attached hydrogens (tertiary/aromatic N) is 3. The van der Waals surface area contributed by atoms with Crippen molar-refractivity contribution in [2.75, 3.05) is 39.3 Å². The topological polar surface area (TPSA) is 9.72 Å². The second kappa shape index (κ2) is 10.1. The van der Waals surface area contributed by atoms with Crippen LogP contribution in [0.1, 0.15) is 136 Å². The second-order valence-electron chi connectivity index (χ2n) is 17.9. The molecule has 228 valence electrons. The minimum atomic E-state index is 0.278. The maximum atomic E-state index is 2.97. The first-order valence-corrected chi connectivity index (χ1v) is 17.8. The third kappa shape index (κ3) is 5.06. The molecular weight excluding hydrogens is 498 g/mol. The van der Waals surface area contributed by atoms with E-state index in [1.54, 1.807) is 11.1 Å². The summed E-state index contributed by atoms with van der Waals surface area (Å²) in [7, 11) is 0. The van der Waals surface area contributed by atoms with Crippen molar-refractivity contribution in [3.05, 3.63) is 35.4 Å². The Morgan fingerprint density at radius 2 is 1.05 bits per heavy atom. The quantitative estimate of drug-likeness (QED) is 0.302. The molecule has 0 aromatic heterocycles. The molecule has 3 saturated heterocycles. The third-order valence-corrected chi connectivity index (χ3v) is 14.2. The zero-order valence-electron chi connectivity index (χ0n) is 27.5. The number of hydrogen-bond donors (Lipinski definition) is 0. The molecule has 1 unspecified atom stereocenters. The average molecular weight is 560 g/mol. The van der Waals surface area contributed by atoms with Gasteiger partial charge >= 0.3 is 0 Å². The lowest BCUT2D eigenvalue weighted by Crippen LogP contribution is -2.67. The minimum Gasteiger partial charge on any atom is -0.297 e. The third-order valence-electron chi connectivity index (χ3n) is 14.2. The number of benzene rings is 1. The van der Waals surface area contributed by atoms with Crippen molar-refractivity contribution >= 4 is 0 Å². The molecule has 6 aliphatic rings. The van der Waals surface area contributed by atoms with Gasteiger partial charge < -0.3 is 0 Å². The van der Waals surface area contributed by atoms with Gasteiger partial charge in [0.2, 0.25) is 0 Å². The molecule has 1 aromatic rings. The number of likely N-dealkylation sites (tertiary alicyclic amines) is 3. The van der Waals surface area contributed by atoms with Crippen LogP contribution in [0.25, 0.3) is 0 Å². The van der Waals surface area contributed by atoms with Gasteiger partial charge in [0.1, 0.15) is 0 Å². The van der Waals surface area contributed by atoms with E-state index in [9.17, 15) is 0 Å². The van der Waals surface area contributed by atoms with Crippen LogP contribution in [0.4, 0.5) is 0 Å². The van der Waals surface area contributed by atoms with Crippen molar-refractivity contribution < 1.29 is 0 Å². The van der Waals surface area contributed by atoms with Gasteiger partial charge in [0, 0.05) is 61.3 Å². The number of aryl methyl sites for hydroxylation is 1. The van der Waals surface area contributed by atoms with Gasteiger partial charge in [-0.2, -0.15) is 0 Å². The van der Waals surface area contributed by atoms with Crippen molar-refractivity contribution in [3.63, 3.8) is 0 Å². The van der Waals surface area contributed by atoms with E-state index in [1.807, 2.05) is 0 Å². The van der Waals surface area contributed by atoms with E-state index < -0.39 is 0 Å². The molecule has 0 N–H and O–H groups in total. The molecule has 0 amide bonds. The molecule has 1 atom stereocenters. The molecule has 7 rings (SSSR count). The lowest BCUT2D eigenvalue weighted by molar-refractivity contribution is -0.107. The molecule has 1 aromatic carbocycles.